The Hall–Kier alpha value is -1.54. The fourth-order valence-electron chi connectivity index (χ4n) is 2.68. The SMILES string of the molecule is COc1cccc(F)c1C(Cl)c1c(C)cc(C)cc1C. The lowest BCUT2D eigenvalue weighted by molar-refractivity contribution is 0.405. The molecule has 1 atom stereocenters. The Morgan fingerprint density at radius 3 is 2.20 bits per heavy atom. The van der Waals surface area contributed by atoms with Crippen LogP contribution in [0.1, 0.15) is 33.2 Å². The molecule has 0 aliphatic carbocycles. The van der Waals surface area contributed by atoms with Gasteiger partial charge in [0.2, 0.25) is 0 Å². The van der Waals surface area contributed by atoms with Gasteiger partial charge in [-0.15, -0.1) is 11.6 Å². The Kier molecular flexibility index (Phi) is 4.34. The first-order valence-corrected chi connectivity index (χ1v) is 6.93. The van der Waals surface area contributed by atoms with Gasteiger partial charge in [-0.1, -0.05) is 23.8 Å². The van der Waals surface area contributed by atoms with E-state index < -0.39 is 5.38 Å². The summed E-state index contributed by atoms with van der Waals surface area (Å²) in [5.41, 5.74) is 4.64. The van der Waals surface area contributed by atoms with Crippen LogP contribution in [0.25, 0.3) is 0 Å². The minimum atomic E-state index is -0.563. The fourth-order valence-corrected chi connectivity index (χ4v) is 3.23. The van der Waals surface area contributed by atoms with Crippen molar-refractivity contribution in [2.24, 2.45) is 0 Å². The minimum Gasteiger partial charge on any atom is -0.496 e. The molecule has 20 heavy (non-hydrogen) atoms. The zero-order chi connectivity index (χ0) is 14.9. The minimum absolute atomic E-state index is 0.344. The molecule has 0 aliphatic rings. The second-order valence-corrected chi connectivity index (χ2v) is 5.47. The van der Waals surface area contributed by atoms with Crippen LogP contribution in [-0.4, -0.2) is 7.11 Å². The predicted molar refractivity (Wildman–Crippen MR) is 81.3 cm³/mol. The molecule has 0 spiro atoms. The number of methoxy groups -OCH3 is 1. The number of rotatable bonds is 3. The Morgan fingerprint density at radius 1 is 1.05 bits per heavy atom. The Morgan fingerprint density at radius 2 is 1.65 bits per heavy atom. The summed E-state index contributed by atoms with van der Waals surface area (Å²) in [4.78, 5) is 0. The lowest BCUT2D eigenvalue weighted by atomic mass is 9.93. The first-order valence-electron chi connectivity index (χ1n) is 6.50. The summed E-state index contributed by atoms with van der Waals surface area (Å²) in [6.07, 6.45) is 0. The van der Waals surface area contributed by atoms with Crippen molar-refractivity contribution in [3.05, 3.63) is 64.0 Å². The van der Waals surface area contributed by atoms with Gasteiger partial charge in [0.1, 0.15) is 11.6 Å². The fraction of sp³-hybridized carbons (Fsp3) is 0.294. The average molecular weight is 293 g/mol. The third-order valence-electron chi connectivity index (χ3n) is 3.48. The molecule has 0 saturated heterocycles. The standard InChI is InChI=1S/C17H18ClFO/c1-10-8-11(2)15(12(3)9-10)17(18)16-13(19)6-5-7-14(16)20-4/h5-9,17H,1-4H3. The molecule has 0 fully saturated rings. The maximum Gasteiger partial charge on any atom is 0.131 e. The van der Waals surface area contributed by atoms with Crippen molar-refractivity contribution in [1.82, 2.24) is 0 Å². The van der Waals surface area contributed by atoms with Crippen molar-refractivity contribution in [3.8, 4) is 5.75 Å². The van der Waals surface area contributed by atoms with E-state index in [1.165, 1.54) is 18.7 Å². The number of halogens is 2. The van der Waals surface area contributed by atoms with Crippen LogP contribution in [0.3, 0.4) is 0 Å². The number of benzene rings is 2. The van der Waals surface area contributed by atoms with E-state index in [4.69, 9.17) is 16.3 Å². The first-order chi connectivity index (χ1) is 9.45. The Labute approximate surface area is 124 Å². The average Bonchev–Trinajstić information content (AvgIpc) is 2.36. The molecule has 1 unspecified atom stereocenters. The molecule has 0 aliphatic heterocycles. The van der Waals surface area contributed by atoms with Crippen molar-refractivity contribution in [2.45, 2.75) is 26.1 Å². The summed E-state index contributed by atoms with van der Waals surface area (Å²) in [6, 6.07) is 8.88. The van der Waals surface area contributed by atoms with Crippen molar-refractivity contribution in [1.29, 1.82) is 0 Å². The highest BCUT2D eigenvalue weighted by atomic mass is 35.5. The maximum absolute atomic E-state index is 14.2. The van der Waals surface area contributed by atoms with Crippen molar-refractivity contribution >= 4 is 11.6 Å². The van der Waals surface area contributed by atoms with Gasteiger partial charge in [-0.05, 0) is 49.6 Å². The highest BCUT2D eigenvalue weighted by Crippen LogP contribution is 2.39. The molecule has 2 aromatic carbocycles. The first kappa shape index (κ1) is 14.9. The van der Waals surface area contributed by atoms with Gasteiger partial charge in [-0.2, -0.15) is 0 Å². The van der Waals surface area contributed by atoms with Crippen LogP contribution >= 0.6 is 11.6 Å². The summed E-state index contributed by atoms with van der Waals surface area (Å²) < 4.78 is 19.4. The highest BCUT2D eigenvalue weighted by Gasteiger charge is 2.23. The number of hydrogen-bond donors (Lipinski definition) is 0. The molecule has 0 saturated carbocycles. The zero-order valence-corrected chi connectivity index (χ0v) is 12.9. The molecule has 1 nitrogen and oxygen atoms in total. The van der Waals surface area contributed by atoms with Crippen LogP contribution in [0.4, 0.5) is 4.39 Å². The van der Waals surface area contributed by atoms with Crippen LogP contribution in [0.2, 0.25) is 0 Å². The third-order valence-corrected chi connectivity index (χ3v) is 3.91. The Bertz CT molecular complexity index is 614. The zero-order valence-electron chi connectivity index (χ0n) is 12.1. The van der Waals surface area contributed by atoms with E-state index in [0.29, 0.717) is 11.3 Å². The summed E-state index contributed by atoms with van der Waals surface area (Å²) in [5.74, 6) is 0.133. The van der Waals surface area contributed by atoms with Gasteiger partial charge in [0, 0.05) is 0 Å². The smallest absolute Gasteiger partial charge is 0.131 e. The van der Waals surface area contributed by atoms with E-state index in [1.807, 2.05) is 20.8 Å². The molecule has 2 aromatic rings. The van der Waals surface area contributed by atoms with Crippen molar-refractivity contribution < 1.29 is 9.13 Å². The summed E-state index contributed by atoms with van der Waals surface area (Å²) in [5, 5.41) is -0.563. The van der Waals surface area contributed by atoms with Crippen LogP contribution < -0.4 is 4.74 Å². The van der Waals surface area contributed by atoms with Gasteiger partial charge in [0.05, 0.1) is 18.1 Å². The molecular weight excluding hydrogens is 275 g/mol. The quantitative estimate of drug-likeness (QED) is 0.716. The number of hydrogen-bond acceptors (Lipinski definition) is 1. The normalized spacial score (nSPS) is 12.3. The molecular formula is C17H18ClFO. The summed E-state index contributed by atoms with van der Waals surface area (Å²) in [6.45, 7) is 6.03. The molecule has 2 rings (SSSR count). The summed E-state index contributed by atoms with van der Waals surface area (Å²) >= 11 is 6.56. The number of ether oxygens (including phenoxy) is 1. The highest BCUT2D eigenvalue weighted by molar-refractivity contribution is 6.23. The van der Waals surface area contributed by atoms with Crippen LogP contribution in [0, 0.1) is 26.6 Å². The number of alkyl halides is 1. The second kappa shape index (κ2) is 5.84. The monoisotopic (exact) mass is 292 g/mol. The van der Waals surface area contributed by atoms with Gasteiger partial charge in [0.25, 0.3) is 0 Å². The van der Waals surface area contributed by atoms with Gasteiger partial charge in [-0.25, -0.2) is 4.39 Å². The molecule has 0 heterocycles. The van der Waals surface area contributed by atoms with E-state index >= 15 is 0 Å². The molecule has 0 bridgehead atoms. The van der Waals surface area contributed by atoms with E-state index in [2.05, 4.69) is 12.1 Å². The Balaban J connectivity index is 2.61. The predicted octanol–water partition coefficient (Wildman–Crippen LogP) is 5.09. The molecule has 0 N–H and O–H groups in total. The van der Waals surface area contributed by atoms with Gasteiger partial charge in [0.15, 0.2) is 0 Å². The van der Waals surface area contributed by atoms with E-state index in [1.54, 1.807) is 12.1 Å². The van der Waals surface area contributed by atoms with E-state index in [0.717, 1.165) is 16.7 Å². The molecule has 3 heteroatoms. The lowest BCUT2D eigenvalue weighted by Crippen LogP contribution is -2.05. The second-order valence-electron chi connectivity index (χ2n) is 5.03. The van der Waals surface area contributed by atoms with E-state index in [9.17, 15) is 4.39 Å². The van der Waals surface area contributed by atoms with Crippen LogP contribution in [0.5, 0.6) is 5.75 Å². The molecule has 0 radical (unpaired) electrons. The van der Waals surface area contributed by atoms with Gasteiger partial charge < -0.3 is 4.74 Å². The van der Waals surface area contributed by atoms with Crippen LogP contribution in [-0.2, 0) is 0 Å². The largest absolute Gasteiger partial charge is 0.496 e. The topological polar surface area (TPSA) is 9.23 Å². The van der Waals surface area contributed by atoms with Gasteiger partial charge in [-0.3, -0.25) is 0 Å². The van der Waals surface area contributed by atoms with E-state index in [-0.39, 0.29) is 5.82 Å². The third kappa shape index (κ3) is 2.66. The maximum atomic E-state index is 14.2. The number of aryl methyl sites for hydroxylation is 3. The molecule has 106 valence electrons. The van der Waals surface area contributed by atoms with Crippen LogP contribution in [0.15, 0.2) is 30.3 Å². The molecule has 0 amide bonds. The lowest BCUT2D eigenvalue weighted by Gasteiger charge is -2.19. The molecule has 0 aromatic heterocycles. The van der Waals surface area contributed by atoms with Crippen molar-refractivity contribution in [3.63, 3.8) is 0 Å². The van der Waals surface area contributed by atoms with Gasteiger partial charge >= 0.3 is 0 Å². The van der Waals surface area contributed by atoms with Crippen molar-refractivity contribution in [2.75, 3.05) is 7.11 Å². The summed E-state index contributed by atoms with van der Waals surface area (Å²) in [7, 11) is 1.52.